The Balaban J connectivity index is 2.01. The summed E-state index contributed by atoms with van der Waals surface area (Å²) in [6.07, 6.45) is 1.73. The third-order valence-corrected chi connectivity index (χ3v) is 5.20. The second-order valence-electron chi connectivity index (χ2n) is 4.98. The van der Waals surface area contributed by atoms with Crippen molar-refractivity contribution in [1.29, 1.82) is 0 Å². The molecule has 0 atom stereocenters. The van der Waals surface area contributed by atoms with E-state index >= 15 is 0 Å². The minimum Gasteiger partial charge on any atom is -0.503 e. The standard InChI is InChI=1S/C17H12BrFO3S/c1-22-14-6-9(5-13(18)17(14)21)4-10-8-23-15-3-2-11(19)7-12(15)16(10)20/h2-7,21H,8H2,1H3/b10-4-. The first-order valence-electron chi connectivity index (χ1n) is 6.73. The molecule has 0 aliphatic carbocycles. The van der Waals surface area contributed by atoms with Gasteiger partial charge in [-0.3, -0.25) is 4.79 Å². The number of carbonyl (C=O) groups is 1. The maximum atomic E-state index is 13.4. The lowest BCUT2D eigenvalue weighted by Gasteiger charge is -2.17. The molecule has 1 heterocycles. The highest BCUT2D eigenvalue weighted by Crippen LogP contribution is 2.37. The van der Waals surface area contributed by atoms with Crippen molar-refractivity contribution in [2.75, 3.05) is 12.9 Å². The molecule has 0 saturated heterocycles. The summed E-state index contributed by atoms with van der Waals surface area (Å²) in [5.41, 5.74) is 1.68. The van der Waals surface area contributed by atoms with E-state index in [-0.39, 0.29) is 11.5 Å². The summed E-state index contributed by atoms with van der Waals surface area (Å²) in [6, 6.07) is 7.60. The number of benzene rings is 2. The maximum Gasteiger partial charge on any atom is 0.191 e. The summed E-state index contributed by atoms with van der Waals surface area (Å²) in [5.74, 6) is 0.229. The molecule has 6 heteroatoms. The Bertz CT molecular complexity index is 833. The van der Waals surface area contributed by atoms with Crippen LogP contribution < -0.4 is 4.74 Å². The van der Waals surface area contributed by atoms with Gasteiger partial charge in [-0.15, -0.1) is 11.8 Å². The fraction of sp³-hybridized carbons (Fsp3) is 0.118. The topological polar surface area (TPSA) is 46.5 Å². The molecule has 0 aromatic heterocycles. The molecule has 118 valence electrons. The zero-order chi connectivity index (χ0) is 16.6. The average molecular weight is 395 g/mol. The number of halogens is 2. The lowest BCUT2D eigenvalue weighted by molar-refractivity contribution is 0.103. The number of aromatic hydroxyl groups is 1. The summed E-state index contributed by atoms with van der Waals surface area (Å²) in [7, 11) is 1.46. The first-order chi connectivity index (χ1) is 11.0. The van der Waals surface area contributed by atoms with Crippen LogP contribution in [0.4, 0.5) is 4.39 Å². The second-order valence-corrected chi connectivity index (χ2v) is 6.85. The second kappa shape index (κ2) is 6.37. The van der Waals surface area contributed by atoms with E-state index < -0.39 is 5.82 Å². The van der Waals surface area contributed by atoms with E-state index in [0.29, 0.717) is 27.1 Å². The van der Waals surface area contributed by atoms with Gasteiger partial charge in [-0.05, 0) is 57.9 Å². The predicted octanol–water partition coefficient (Wildman–Crippen LogP) is 4.67. The van der Waals surface area contributed by atoms with Gasteiger partial charge in [0.1, 0.15) is 5.82 Å². The Hall–Kier alpha value is -1.79. The van der Waals surface area contributed by atoms with Gasteiger partial charge in [0, 0.05) is 21.8 Å². The van der Waals surface area contributed by atoms with Gasteiger partial charge in [-0.25, -0.2) is 4.39 Å². The zero-order valence-corrected chi connectivity index (χ0v) is 14.5. The molecule has 2 aromatic carbocycles. The molecular formula is C17H12BrFO3S. The quantitative estimate of drug-likeness (QED) is 0.751. The number of phenolic OH excluding ortho intramolecular Hbond substituents is 1. The molecular weight excluding hydrogens is 383 g/mol. The number of Topliss-reactive ketones (excluding diaryl/α,β-unsaturated/α-hetero) is 1. The van der Waals surface area contributed by atoms with Crippen LogP contribution in [0.1, 0.15) is 15.9 Å². The summed E-state index contributed by atoms with van der Waals surface area (Å²) in [4.78, 5) is 13.3. The van der Waals surface area contributed by atoms with Crippen LogP contribution in [-0.4, -0.2) is 23.8 Å². The smallest absolute Gasteiger partial charge is 0.191 e. The molecule has 0 spiro atoms. The Morgan fingerprint density at radius 2 is 2.13 bits per heavy atom. The van der Waals surface area contributed by atoms with Gasteiger partial charge in [0.2, 0.25) is 0 Å². The molecule has 1 aliphatic rings. The molecule has 3 nitrogen and oxygen atoms in total. The van der Waals surface area contributed by atoms with Crippen LogP contribution in [0.2, 0.25) is 0 Å². The van der Waals surface area contributed by atoms with E-state index in [2.05, 4.69) is 15.9 Å². The number of ether oxygens (including phenoxy) is 1. The number of ketones is 1. The van der Waals surface area contributed by atoms with E-state index in [1.165, 1.54) is 31.0 Å². The fourth-order valence-corrected chi connectivity index (χ4v) is 3.80. The largest absolute Gasteiger partial charge is 0.503 e. The Morgan fingerprint density at radius 1 is 1.35 bits per heavy atom. The number of hydrogen-bond donors (Lipinski definition) is 1. The lowest BCUT2D eigenvalue weighted by atomic mass is 10.0. The molecule has 0 unspecified atom stereocenters. The molecule has 1 aliphatic heterocycles. The van der Waals surface area contributed by atoms with Crippen molar-refractivity contribution in [3.8, 4) is 11.5 Å². The van der Waals surface area contributed by atoms with Crippen LogP contribution >= 0.6 is 27.7 Å². The van der Waals surface area contributed by atoms with Crippen molar-refractivity contribution in [2.24, 2.45) is 0 Å². The Labute approximate surface area is 145 Å². The van der Waals surface area contributed by atoms with Crippen LogP contribution in [-0.2, 0) is 0 Å². The summed E-state index contributed by atoms with van der Waals surface area (Å²) in [5, 5.41) is 9.84. The molecule has 3 rings (SSSR count). The van der Waals surface area contributed by atoms with Gasteiger partial charge in [-0.1, -0.05) is 0 Å². The van der Waals surface area contributed by atoms with E-state index in [4.69, 9.17) is 4.74 Å². The predicted molar refractivity (Wildman–Crippen MR) is 91.8 cm³/mol. The van der Waals surface area contributed by atoms with Gasteiger partial charge < -0.3 is 9.84 Å². The number of fused-ring (bicyclic) bond motifs is 1. The number of hydrogen-bond acceptors (Lipinski definition) is 4. The maximum absolute atomic E-state index is 13.4. The number of thioether (sulfide) groups is 1. The van der Waals surface area contributed by atoms with E-state index in [1.54, 1.807) is 24.3 Å². The molecule has 2 aromatic rings. The molecule has 0 fully saturated rings. The SMILES string of the molecule is COc1cc(/C=C2/CSc3ccc(F)cc3C2=O)cc(Br)c1O. The van der Waals surface area contributed by atoms with Gasteiger partial charge in [0.15, 0.2) is 17.3 Å². The average Bonchev–Trinajstić information content (AvgIpc) is 2.54. The van der Waals surface area contributed by atoms with Crippen LogP contribution in [0.15, 0.2) is 45.3 Å². The number of phenols is 1. The minimum atomic E-state index is -0.423. The van der Waals surface area contributed by atoms with Gasteiger partial charge >= 0.3 is 0 Å². The van der Waals surface area contributed by atoms with Crippen LogP contribution in [0.3, 0.4) is 0 Å². The summed E-state index contributed by atoms with van der Waals surface area (Å²) >= 11 is 4.75. The van der Waals surface area contributed by atoms with Crippen LogP contribution in [0.25, 0.3) is 6.08 Å². The van der Waals surface area contributed by atoms with Crippen molar-refractivity contribution in [3.63, 3.8) is 0 Å². The van der Waals surface area contributed by atoms with Crippen LogP contribution in [0.5, 0.6) is 11.5 Å². The van der Waals surface area contributed by atoms with E-state index in [9.17, 15) is 14.3 Å². The highest BCUT2D eigenvalue weighted by atomic mass is 79.9. The van der Waals surface area contributed by atoms with Crippen molar-refractivity contribution >= 4 is 39.6 Å². The highest BCUT2D eigenvalue weighted by molar-refractivity contribution is 9.10. The molecule has 0 radical (unpaired) electrons. The summed E-state index contributed by atoms with van der Waals surface area (Å²) < 4.78 is 19.0. The van der Waals surface area contributed by atoms with Gasteiger partial charge in [0.25, 0.3) is 0 Å². The normalized spacial score (nSPS) is 15.6. The summed E-state index contributed by atoms with van der Waals surface area (Å²) in [6.45, 7) is 0. The van der Waals surface area contributed by atoms with Gasteiger partial charge in [-0.2, -0.15) is 0 Å². The lowest BCUT2D eigenvalue weighted by Crippen LogP contribution is -2.12. The molecule has 0 amide bonds. The van der Waals surface area contributed by atoms with Crippen molar-refractivity contribution < 1.29 is 19.0 Å². The molecule has 0 bridgehead atoms. The van der Waals surface area contributed by atoms with Crippen LogP contribution in [0, 0.1) is 5.82 Å². The Morgan fingerprint density at radius 3 is 2.87 bits per heavy atom. The molecule has 23 heavy (non-hydrogen) atoms. The number of rotatable bonds is 2. The zero-order valence-electron chi connectivity index (χ0n) is 12.1. The van der Waals surface area contributed by atoms with Crippen molar-refractivity contribution in [1.82, 2.24) is 0 Å². The Kier molecular flexibility index (Phi) is 4.46. The number of methoxy groups -OCH3 is 1. The van der Waals surface area contributed by atoms with Crippen molar-refractivity contribution in [2.45, 2.75) is 4.90 Å². The fourth-order valence-electron chi connectivity index (χ4n) is 2.34. The number of carbonyl (C=O) groups excluding carboxylic acids is 1. The highest BCUT2D eigenvalue weighted by Gasteiger charge is 2.23. The first-order valence-corrected chi connectivity index (χ1v) is 8.51. The van der Waals surface area contributed by atoms with E-state index in [0.717, 1.165) is 10.5 Å². The molecule has 1 N–H and O–H groups in total. The molecule has 0 saturated carbocycles. The third kappa shape index (κ3) is 3.14. The third-order valence-electron chi connectivity index (χ3n) is 3.47. The monoisotopic (exact) mass is 394 g/mol. The minimum absolute atomic E-state index is 0.00594. The van der Waals surface area contributed by atoms with Gasteiger partial charge in [0.05, 0.1) is 11.6 Å². The first kappa shape index (κ1) is 16.1. The van der Waals surface area contributed by atoms with Crippen molar-refractivity contribution in [3.05, 3.63) is 57.3 Å². The van der Waals surface area contributed by atoms with E-state index in [1.807, 2.05) is 0 Å².